The van der Waals surface area contributed by atoms with Crippen molar-refractivity contribution in [2.24, 2.45) is 0 Å². The van der Waals surface area contributed by atoms with E-state index in [9.17, 15) is 0 Å². The summed E-state index contributed by atoms with van der Waals surface area (Å²) < 4.78 is 21.9. The maximum Gasteiger partial charge on any atom is 0.161 e. The van der Waals surface area contributed by atoms with Crippen LogP contribution in [0.15, 0.2) is 48.6 Å². The normalized spacial score (nSPS) is 11.6. The number of methoxy groups -OCH3 is 3. The monoisotopic (exact) mass is 371 g/mol. The first-order valence-electron chi connectivity index (χ1n) is 8.87. The Hall–Kier alpha value is -2.66. The number of benzene rings is 2. The molecule has 0 bridgehead atoms. The van der Waals surface area contributed by atoms with Gasteiger partial charge in [0.25, 0.3) is 0 Å². The molecule has 0 fully saturated rings. The van der Waals surface area contributed by atoms with Crippen LogP contribution < -0.4 is 24.3 Å². The fourth-order valence-corrected chi connectivity index (χ4v) is 2.66. The van der Waals surface area contributed by atoms with Crippen LogP contribution in [0.25, 0.3) is 0 Å². The van der Waals surface area contributed by atoms with E-state index in [1.54, 1.807) is 21.3 Å². The standard InChI is InChI=1S/C22H29NO4/c1-15(2)14-27-22-11-17(7-9-20(22)25-5)13-23-16(3)18-8-10-19(24-4)21(12-18)26-6/h7-12,16,23H,1,13-14H2,2-6H3. The minimum absolute atomic E-state index is 0.145. The van der Waals surface area contributed by atoms with Crippen LogP contribution in [-0.4, -0.2) is 27.9 Å². The zero-order chi connectivity index (χ0) is 19.8. The Kier molecular flexibility index (Phi) is 7.55. The lowest BCUT2D eigenvalue weighted by molar-refractivity contribution is 0.319. The van der Waals surface area contributed by atoms with Gasteiger partial charge in [0.15, 0.2) is 23.0 Å². The average Bonchev–Trinajstić information content (AvgIpc) is 2.69. The van der Waals surface area contributed by atoms with Gasteiger partial charge in [-0.2, -0.15) is 0 Å². The van der Waals surface area contributed by atoms with Crippen LogP contribution in [-0.2, 0) is 6.54 Å². The minimum atomic E-state index is 0.145. The highest BCUT2D eigenvalue weighted by Gasteiger charge is 2.11. The zero-order valence-corrected chi connectivity index (χ0v) is 16.8. The van der Waals surface area contributed by atoms with Crippen molar-refractivity contribution in [1.29, 1.82) is 0 Å². The predicted molar refractivity (Wildman–Crippen MR) is 108 cm³/mol. The van der Waals surface area contributed by atoms with Gasteiger partial charge in [-0.3, -0.25) is 0 Å². The summed E-state index contributed by atoms with van der Waals surface area (Å²) in [5.74, 6) is 2.89. The second kappa shape index (κ2) is 9.88. The number of hydrogen-bond acceptors (Lipinski definition) is 5. The van der Waals surface area contributed by atoms with Gasteiger partial charge >= 0.3 is 0 Å². The van der Waals surface area contributed by atoms with Crippen LogP contribution >= 0.6 is 0 Å². The van der Waals surface area contributed by atoms with E-state index in [0.717, 1.165) is 33.9 Å². The lowest BCUT2D eigenvalue weighted by Gasteiger charge is -2.17. The molecule has 27 heavy (non-hydrogen) atoms. The molecule has 0 heterocycles. The first kappa shape index (κ1) is 20.6. The van der Waals surface area contributed by atoms with Crippen LogP contribution in [0.5, 0.6) is 23.0 Å². The molecular weight excluding hydrogens is 342 g/mol. The molecule has 0 aliphatic rings. The van der Waals surface area contributed by atoms with E-state index in [1.165, 1.54) is 0 Å². The number of hydrogen-bond donors (Lipinski definition) is 1. The largest absolute Gasteiger partial charge is 0.493 e. The third-order valence-electron chi connectivity index (χ3n) is 4.22. The molecule has 5 nitrogen and oxygen atoms in total. The van der Waals surface area contributed by atoms with Crippen LogP contribution in [0.4, 0.5) is 0 Å². The van der Waals surface area contributed by atoms with E-state index < -0.39 is 0 Å². The molecule has 0 saturated heterocycles. The van der Waals surface area contributed by atoms with Crippen LogP contribution in [0.1, 0.15) is 31.0 Å². The summed E-state index contributed by atoms with van der Waals surface area (Å²) in [4.78, 5) is 0. The van der Waals surface area contributed by atoms with Crippen molar-refractivity contribution in [2.45, 2.75) is 26.4 Å². The van der Waals surface area contributed by atoms with Crippen molar-refractivity contribution >= 4 is 0 Å². The van der Waals surface area contributed by atoms with Gasteiger partial charge in [0.2, 0.25) is 0 Å². The molecule has 1 N–H and O–H groups in total. The molecule has 0 aliphatic heterocycles. The highest BCUT2D eigenvalue weighted by Crippen LogP contribution is 2.31. The summed E-state index contributed by atoms with van der Waals surface area (Å²) in [6.45, 7) is 9.08. The van der Waals surface area contributed by atoms with Crippen molar-refractivity contribution in [1.82, 2.24) is 5.32 Å². The molecule has 2 aromatic carbocycles. The molecule has 0 spiro atoms. The molecule has 2 aromatic rings. The lowest BCUT2D eigenvalue weighted by Crippen LogP contribution is -2.18. The Balaban J connectivity index is 2.07. The average molecular weight is 371 g/mol. The quantitative estimate of drug-likeness (QED) is 0.622. The molecular formula is C22H29NO4. The number of rotatable bonds is 10. The summed E-state index contributed by atoms with van der Waals surface area (Å²) >= 11 is 0. The summed E-state index contributed by atoms with van der Waals surface area (Å²) in [6.07, 6.45) is 0. The molecule has 1 unspecified atom stereocenters. The second-order valence-corrected chi connectivity index (χ2v) is 6.45. The van der Waals surface area contributed by atoms with Gasteiger partial charge in [-0.15, -0.1) is 0 Å². The Bertz CT molecular complexity index is 773. The number of ether oxygens (including phenoxy) is 4. The fraction of sp³-hybridized carbons (Fsp3) is 0.364. The van der Waals surface area contributed by atoms with Crippen molar-refractivity contribution < 1.29 is 18.9 Å². The van der Waals surface area contributed by atoms with E-state index in [1.807, 2.05) is 43.3 Å². The van der Waals surface area contributed by atoms with Gasteiger partial charge in [-0.25, -0.2) is 0 Å². The van der Waals surface area contributed by atoms with Gasteiger partial charge in [0, 0.05) is 12.6 Å². The highest BCUT2D eigenvalue weighted by molar-refractivity contribution is 5.44. The summed E-state index contributed by atoms with van der Waals surface area (Å²) in [5.41, 5.74) is 3.20. The topological polar surface area (TPSA) is 49.0 Å². The Morgan fingerprint density at radius 2 is 1.56 bits per heavy atom. The van der Waals surface area contributed by atoms with Crippen LogP contribution in [0.3, 0.4) is 0 Å². The zero-order valence-electron chi connectivity index (χ0n) is 16.8. The van der Waals surface area contributed by atoms with E-state index >= 15 is 0 Å². The maximum absolute atomic E-state index is 5.79. The molecule has 0 aliphatic carbocycles. The SMILES string of the molecule is C=C(C)COc1cc(CNC(C)c2ccc(OC)c(OC)c2)ccc1OC. The molecule has 2 rings (SSSR count). The molecule has 1 atom stereocenters. The summed E-state index contributed by atoms with van der Waals surface area (Å²) in [6, 6.07) is 12.0. The highest BCUT2D eigenvalue weighted by atomic mass is 16.5. The first-order chi connectivity index (χ1) is 13.0. The third kappa shape index (κ3) is 5.66. The Morgan fingerprint density at radius 1 is 0.926 bits per heavy atom. The van der Waals surface area contributed by atoms with Crippen molar-refractivity contribution in [2.75, 3.05) is 27.9 Å². The number of nitrogens with one attached hydrogen (secondary N) is 1. The van der Waals surface area contributed by atoms with Crippen molar-refractivity contribution in [3.8, 4) is 23.0 Å². The van der Waals surface area contributed by atoms with E-state index in [-0.39, 0.29) is 6.04 Å². The Morgan fingerprint density at radius 3 is 2.19 bits per heavy atom. The molecule has 5 heteroatoms. The van der Waals surface area contributed by atoms with Gasteiger partial charge in [0.1, 0.15) is 6.61 Å². The predicted octanol–water partition coefficient (Wildman–Crippen LogP) is 4.52. The van der Waals surface area contributed by atoms with Gasteiger partial charge in [-0.05, 0) is 54.8 Å². The smallest absolute Gasteiger partial charge is 0.161 e. The van der Waals surface area contributed by atoms with E-state index in [0.29, 0.717) is 18.9 Å². The van der Waals surface area contributed by atoms with Gasteiger partial charge in [-0.1, -0.05) is 18.7 Å². The minimum Gasteiger partial charge on any atom is -0.493 e. The maximum atomic E-state index is 5.79. The molecule has 0 saturated carbocycles. The third-order valence-corrected chi connectivity index (χ3v) is 4.22. The second-order valence-electron chi connectivity index (χ2n) is 6.45. The van der Waals surface area contributed by atoms with E-state index in [2.05, 4.69) is 18.8 Å². The van der Waals surface area contributed by atoms with E-state index in [4.69, 9.17) is 18.9 Å². The summed E-state index contributed by atoms with van der Waals surface area (Å²) in [7, 11) is 4.92. The molecule has 146 valence electrons. The molecule has 0 aromatic heterocycles. The van der Waals surface area contributed by atoms with Gasteiger partial charge < -0.3 is 24.3 Å². The molecule has 0 amide bonds. The lowest BCUT2D eigenvalue weighted by atomic mass is 10.1. The first-order valence-corrected chi connectivity index (χ1v) is 8.87. The van der Waals surface area contributed by atoms with Crippen molar-refractivity contribution in [3.05, 3.63) is 59.7 Å². The molecule has 0 radical (unpaired) electrons. The van der Waals surface area contributed by atoms with Crippen LogP contribution in [0.2, 0.25) is 0 Å². The van der Waals surface area contributed by atoms with Crippen LogP contribution in [0, 0.1) is 0 Å². The summed E-state index contributed by atoms with van der Waals surface area (Å²) in [5, 5.41) is 3.52. The van der Waals surface area contributed by atoms with Gasteiger partial charge in [0.05, 0.1) is 21.3 Å². The fourth-order valence-electron chi connectivity index (χ4n) is 2.66. The Labute approximate surface area is 161 Å². The van der Waals surface area contributed by atoms with Crippen molar-refractivity contribution in [3.63, 3.8) is 0 Å².